The third-order valence-electron chi connectivity index (χ3n) is 2.94. The zero-order valence-corrected chi connectivity index (χ0v) is 12.9. The summed E-state index contributed by atoms with van der Waals surface area (Å²) in [6.45, 7) is 3.66. The number of carbonyl (C=O) groups excluding carboxylic acids is 1. The molecule has 3 aromatic heterocycles. The molecule has 0 aromatic carbocycles. The van der Waals surface area contributed by atoms with Gasteiger partial charge in [0.05, 0.1) is 13.5 Å². The van der Waals surface area contributed by atoms with E-state index in [9.17, 15) is 4.79 Å². The van der Waals surface area contributed by atoms with Crippen molar-refractivity contribution in [1.82, 2.24) is 34.6 Å². The van der Waals surface area contributed by atoms with Crippen molar-refractivity contribution in [1.29, 1.82) is 0 Å². The molecule has 10 heteroatoms. The van der Waals surface area contributed by atoms with Crippen molar-refractivity contribution in [3.63, 3.8) is 0 Å². The standard InChI is InChI=1S/C12H13N7O2S/c1-4-5-22-12-13-11-15-14-9-7(6-8(20)21-3)16-18(2)10(9)19(11)17-12/h4H,1,5-6H2,2-3H3. The molecule has 0 radical (unpaired) electrons. The number of hydrogen-bond donors (Lipinski definition) is 0. The van der Waals surface area contributed by atoms with Crippen LogP contribution in [0, 0.1) is 0 Å². The van der Waals surface area contributed by atoms with Crippen molar-refractivity contribution < 1.29 is 9.53 Å². The molecule has 0 aliphatic carbocycles. The summed E-state index contributed by atoms with van der Waals surface area (Å²) < 4.78 is 7.84. The van der Waals surface area contributed by atoms with Crippen LogP contribution in [0.15, 0.2) is 17.8 Å². The van der Waals surface area contributed by atoms with Gasteiger partial charge in [0.1, 0.15) is 5.69 Å². The molecule has 0 atom stereocenters. The Balaban J connectivity index is 2.12. The minimum atomic E-state index is -0.386. The maximum atomic E-state index is 11.5. The second-order valence-electron chi connectivity index (χ2n) is 4.40. The number of thioether (sulfide) groups is 1. The van der Waals surface area contributed by atoms with Crippen LogP contribution in [0.2, 0.25) is 0 Å². The van der Waals surface area contributed by atoms with Gasteiger partial charge in [0.15, 0.2) is 11.2 Å². The fourth-order valence-electron chi connectivity index (χ4n) is 2.01. The Hall–Kier alpha value is -2.49. The molecule has 3 rings (SSSR count). The first kappa shape index (κ1) is 14.4. The first-order valence-electron chi connectivity index (χ1n) is 6.39. The highest BCUT2D eigenvalue weighted by Gasteiger charge is 2.19. The molecular weight excluding hydrogens is 306 g/mol. The van der Waals surface area contributed by atoms with E-state index in [1.807, 2.05) is 0 Å². The monoisotopic (exact) mass is 319 g/mol. The van der Waals surface area contributed by atoms with Gasteiger partial charge in [-0.15, -0.1) is 21.9 Å². The van der Waals surface area contributed by atoms with Gasteiger partial charge < -0.3 is 4.74 Å². The lowest BCUT2D eigenvalue weighted by atomic mass is 10.3. The minimum Gasteiger partial charge on any atom is -0.469 e. The Labute approximate surface area is 129 Å². The Bertz CT molecular complexity index is 869. The van der Waals surface area contributed by atoms with E-state index in [1.165, 1.54) is 18.9 Å². The number of carbonyl (C=O) groups is 1. The molecule has 0 amide bonds. The Morgan fingerprint density at radius 1 is 1.41 bits per heavy atom. The van der Waals surface area contributed by atoms with Crippen LogP contribution in [-0.2, 0) is 23.0 Å². The summed E-state index contributed by atoms with van der Waals surface area (Å²) in [7, 11) is 3.08. The summed E-state index contributed by atoms with van der Waals surface area (Å²) in [6, 6.07) is 0. The van der Waals surface area contributed by atoms with Crippen molar-refractivity contribution in [2.45, 2.75) is 11.6 Å². The van der Waals surface area contributed by atoms with Gasteiger partial charge in [-0.2, -0.15) is 14.6 Å². The van der Waals surface area contributed by atoms with Gasteiger partial charge in [-0.05, 0) is 0 Å². The van der Waals surface area contributed by atoms with E-state index < -0.39 is 0 Å². The average Bonchev–Trinajstić information content (AvgIpc) is 3.06. The van der Waals surface area contributed by atoms with Crippen LogP contribution in [0.25, 0.3) is 16.9 Å². The summed E-state index contributed by atoms with van der Waals surface area (Å²) in [5.74, 6) is 0.696. The third kappa shape index (κ3) is 2.41. The van der Waals surface area contributed by atoms with Gasteiger partial charge in [0, 0.05) is 12.8 Å². The maximum Gasteiger partial charge on any atom is 0.311 e. The number of aryl methyl sites for hydroxylation is 1. The molecule has 0 fully saturated rings. The summed E-state index contributed by atoms with van der Waals surface area (Å²) in [6.07, 6.45) is 1.80. The molecule has 3 heterocycles. The van der Waals surface area contributed by atoms with Crippen LogP contribution < -0.4 is 0 Å². The van der Waals surface area contributed by atoms with Crippen molar-refractivity contribution in [3.8, 4) is 0 Å². The number of esters is 1. The topological polar surface area (TPSA) is 100 Å². The van der Waals surface area contributed by atoms with Crippen molar-refractivity contribution in [2.24, 2.45) is 7.05 Å². The molecule has 22 heavy (non-hydrogen) atoms. The van der Waals surface area contributed by atoms with Crippen LogP contribution in [-0.4, -0.2) is 53.4 Å². The van der Waals surface area contributed by atoms with E-state index in [4.69, 9.17) is 0 Å². The smallest absolute Gasteiger partial charge is 0.311 e. The summed E-state index contributed by atoms with van der Waals surface area (Å²) >= 11 is 1.45. The largest absolute Gasteiger partial charge is 0.469 e. The van der Waals surface area contributed by atoms with Gasteiger partial charge in [-0.25, -0.2) is 4.68 Å². The number of nitrogens with zero attached hydrogens (tertiary/aromatic N) is 7. The number of methoxy groups -OCH3 is 1. The lowest BCUT2D eigenvalue weighted by molar-refractivity contribution is -0.139. The third-order valence-corrected chi connectivity index (χ3v) is 3.78. The summed E-state index contributed by atoms with van der Waals surface area (Å²) in [5, 5.41) is 17.4. The van der Waals surface area contributed by atoms with Gasteiger partial charge in [-0.1, -0.05) is 17.8 Å². The molecule has 0 bridgehead atoms. The molecule has 114 valence electrons. The van der Waals surface area contributed by atoms with Gasteiger partial charge >= 0.3 is 5.97 Å². The van der Waals surface area contributed by atoms with E-state index in [1.54, 1.807) is 22.3 Å². The lowest BCUT2D eigenvalue weighted by Crippen LogP contribution is -2.06. The average molecular weight is 319 g/mol. The molecule has 0 aliphatic heterocycles. The number of fused-ring (bicyclic) bond motifs is 3. The Morgan fingerprint density at radius 2 is 2.23 bits per heavy atom. The second-order valence-corrected chi connectivity index (χ2v) is 5.39. The van der Waals surface area contributed by atoms with Crippen molar-refractivity contribution in [3.05, 3.63) is 18.3 Å². The lowest BCUT2D eigenvalue weighted by Gasteiger charge is -1.95. The van der Waals surface area contributed by atoms with Crippen LogP contribution in [0.5, 0.6) is 0 Å². The Kier molecular flexibility index (Phi) is 3.75. The molecule has 9 nitrogen and oxygen atoms in total. The molecule has 0 saturated carbocycles. The Morgan fingerprint density at radius 3 is 2.95 bits per heavy atom. The minimum absolute atomic E-state index is 0.0286. The predicted molar refractivity (Wildman–Crippen MR) is 79.5 cm³/mol. The highest BCUT2D eigenvalue weighted by atomic mass is 32.2. The van der Waals surface area contributed by atoms with Gasteiger partial charge in [0.25, 0.3) is 5.78 Å². The number of rotatable bonds is 5. The van der Waals surface area contributed by atoms with Crippen molar-refractivity contribution >= 4 is 34.7 Å². The SMILES string of the molecule is C=CCSc1nc2nnc3c(CC(=O)OC)nn(C)c3n2n1. The zero-order chi connectivity index (χ0) is 15.7. The van der Waals surface area contributed by atoms with Crippen LogP contribution >= 0.6 is 11.8 Å². The second kappa shape index (κ2) is 5.72. The van der Waals surface area contributed by atoms with Crippen LogP contribution in [0.3, 0.4) is 0 Å². The molecule has 0 spiro atoms. The molecular formula is C12H13N7O2S. The fourth-order valence-corrected chi connectivity index (χ4v) is 2.56. The predicted octanol–water partition coefficient (Wildman–Crippen LogP) is 0.400. The van der Waals surface area contributed by atoms with E-state index in [2.05, 4.69) is 36.7 Å². The normalized spacial score (nSPS) is 11.2. The maximum absolute atomic E-state index is 11.5. The van der Waals surface area contributed by atoms with E-state index in [0.717, 1.165) is 0 Å². The van der Waals surface area contributed by atoms with Gasteiger partial charge in [-0.3, -0.25) is 4.79 Å². The first-order valence-corrected chi connectivity index (χ1v) is 7.38. The quantitative estimate of drug-likeness (QED) is 0.378. The van der Waals surface area contributed by atoms with Crippen LogP contribution in [0.4, 0.5) is 0 Å². The zero-order valence-electron chi connectivity index (χ0n) is 12.1. The van der Waals surface area contributed by atoms with E-state index in [0.29, 0.717) is 33.5 Å². The molecule has 0 N–H and O–H groups in total. The van der Waals surface area contributed by atoms with Crippen molar-refractivity contribution in [2.75, 3.05) is 12.9 Å². The number of aromatic nitrogens is 7. The summed E-state index contributed by atoms with van der Waals surface area (Å²) in [5.41, 5.74) is 1.63. The molecule has 0 unspecified atom stereocenters. The summed E-state index contributed by atoms with van der Waals surface area (Å²) in [4.78, 5) is 15.7. The molecule has 0 saturated heterocycles. The first-order chi connectivity index (χ1) is 10.6. The van der Waals surface area contributed by atoms with Gasteiger partial charge in [0.2, 0.25) is 5.16 Å². The highest BCUT2D eigenvalue weighted by Crippen LogP contribution is 2.19. The molecule has 0 aliphatic rings. The van der Waals surface area contributed by atoms with E-state index >= 15 is 0 Å². The van der Waals surface area contributed by atoms with E-state index in [-0.39, 0.29) is 12.4 Å². The van der Waals surface area contributed by atoms with Crippen LogP contribution in [0.1, 0.15) is 5.69 Å². The number of ether oxygens (including phenoxy) is 1. The highest BCUT2D eigenvalue weighted by molar-refractivity contribution is 7.99. The number of hydrogen-bond acceptors (Lipinski definition) is 8. The molecule has 3 aromatic rings. The fraction of sp³-hybridized carbons (Fsp3) is 0.333.